The lowest BCUT2D eigenvalue weighted by atomic mass is 9.87. The topological polar surface area (TPSA) is 59.8 Å². The Morgan fingerprint density at radius 3 is 2.55 bits per heavy atom. The number of benzene rings is 1. The highest BCUT2D eigenvalue weighted by atomic mass is 19.1. The van der Waals surface area contributed by atoms with E-state index in [0.717, 1.165) is 66.5 Å². The predicted octanol–water partition coefficient (Wildman–Crippen LogP) is 4.49. The SMILES string of the molecule is Cc1nn(C)c2nc(C3CC3)cc(C(=O)NC3(c4ccc(F)cc4)CCCC3)c12. The molecule has 2 aliphatic carbocycles. The molecule has 2 aliphatic rings. The van der Waals surface area contributed by atoms with Crippen molar-refractivity contribution in [2.24, 2.45) is 7.05 Å². The van der Waals surface area contributed by atoms with E-state index in [2.05, 4.69) is 10.4 Å². The number of nitrogens with one attached hydrogen (secondary N) is 1. The quantitative estimate of drug-likeness (QED) is 0.712. The third-order valence-corrected chi connectivity index (χ3v) is 6.44. The summed E-state index contributed by atoms with van der Waals surface area (Å²) < 4.78 is 15.2. The van der Waals surface area contributed by atoms with E-state index in [1.54, 1.807) is 16.8 Å². The minimum absolute atomic E-state index is 0.0957. The summed E-state index contributed by atoms with van der Waals surface area (Å²) in [6.45, 7) is 1.92. The van der Waals surface area contributed by atoms with Gasteiger partial charge in [-0.2, -0.15) is 5.10 Å². The molecule has 2 saturated carbocycles. The second kappa shape index (κ2) is 6.65. The fraction of sp³-hybridized carbons (Fsp3) is 0.435. The molecule has 0 atom stereocenters. The summed E-state index contributed by atoms with van der Waals surface area (Å²) in [7, 11) is 1.87. The van der Waals surface area contributed by atoms with Crippen LogP contribution in [0, 0.1) is 12.7 Å². The van der Waals surface area contributed by atoms with Crippen LogP contribution in [-0.2, 0) is 12.6 Å². The lowest BCUT2D eigenvalue weighted by Crippen LogP contribution is -2.44. The first-order valence-corrected chi connectivity index (χ1v) is 10.4. The Morgan fingerprint density at radius 1 is 1.21 bits per heavy atom. The van der Waals surface area contributed by atoms with Crippen molar-refractivity contribution in [3.63, 3.8) is 0 Å². The zero-order chi connectivity index (χ0) is 20.2. The summed E-state index contributed by atoms with van der Waals surface area (Å²) in [6.07, 6.45) is 6.05. The standard InChI is InChI=1S/C23H25FN4O/c1-14-20-18(13-19(15-5-6-15)25-21(20)28(2)27-14)22(29)26-23(11-3-4-12-23)16-7-9-17(24)10-8-16/h7-10,13,15H,3-6,11-12H2,1-2H3,(H,26,29). The Hall–Kier alpha value is -2.76. The number of hydrogen-bond donors (Lipinski definition) is 1. The minimum Gasteiger partial charge on any atom is -0.343 e. The fourth-order valence-electron chi connectivity index (χ4n) is 4.75. The van der Waals surface area contributed by atoms with E-state index in [1.807, 2.05) is 20.0 Å². The molecule has 3 aromatic rings. The maximum absolute atomic E-state index is 13.6. The number of halogens is 1. The van der Waals surface area contributed by atoms with Crippen molar-refractivity contribution in [1.29, 1.82) is 0 Å². The van der Waals surface area contributed by atoms with Gasteiger partial charge in [-0.05, 0) is 56.4 Å². The van der Waals surface area contributed by atoms with Crippen LogP contribution in [0.5, 0.6) is 0 Å². The second-order valence-corrected chi connectivity index (χ2v) is 8.53. The van der Waals surface area contributed by atoms with Gasteiger partial charge in [-0.1, -0.05) is 25.0 Å². The fourth-order valence-corrected chi connectivity index (χ4v) is 4.75. The van der Waals surface area contributed by atoms with E-state index in [0.29, 0.717) is 11.5 Å². The van der Waals surface area contributed by atoms with E-state index in [1.165, 1.54) is 12.1 Å². The van der Waals surface area contributed by atoms with Gasteiger partial charge in [0, 0.05) is 18.7 Å². The molecule has 1 N–H and O–H groups in total. The van der Waals surface area contributed by atoms with Gasteiger partial charge in [-0.3, -0.25) is 9.48 Å². The van der Waals surface area contributed by atoms with Crippen molar-refractivity contribution in [3.8, 4) is 0 Å². The number of aryl methyl sites for hydroxylation is 2. The number of pyridine rings is 1. The van der Waals surface area contributed by atoms with Crippen LogP contribution < -0.4 is 5.32 Å². The molecular formula is C23H25FN4O. The zero-order valence-corrected chi connectivity index (χ0v) is 16.8. The Morgan fingerprint density at radius 2 is 1.90 bits per heavy atom. The van der Waals surface area contributed by atoms with Gasteiger partial charge < -0.3 is 5.32 Å². The highest BCUT2D eigenvalue weighted by molar-refractivity contribution is 6.07. The minimum atomic E-state index is -0.448. The molecule has 2 heterocycles. The molecule has 2 aromatic heterocycles. The van der Waals surface area contributed by atoms with Gasteiger partial charge in [0.15, 0.2) is 5.65 Å². The summed E-state index contributed by atoms with van der Waals surface area (Å²) in [6, 6.07) is 8.50. The van der Waals surface area contributed by atoms with E-state index < -0.39 is 5.54 Å². The highest BCUT2D eigenvalue weighted by Crippen LogP contribution is 2.42. The number of nitrogens with zero attached hydrogens (tertiary/aromatic N) is 3. The maximum Gasteiger partial charge on any atom is 0.252 e. The number of amides is 1. The first kappa shape index (κ1) is 18.3. The van der Waals surface area contributed by atoms with Crippen LogP contribution in [0.25, 0.3) is 11.0 Å². The van der Waals surface area contributed by atoms with Crippen molar-refractivity contribution >= 4 is 16.9 Å². The van der Waals surface area contributed by atoms with Gasteiger partial charge >= 0.3 is 0 Å². The predicted molar refractivity (Wildman–Crippen MR) is 109 cm³/mol. The van der Waals surface area contributed by atoms with Gasteiger partial charge in [0.05, 0.1) is 22.2 Å². The molecule has 0 bridgehead atoms. The van der Waals surface area contributed by atoms with Crippen LogP contribution in [0.15, 0.2) is 30.3 Å². The largest absolute Gasteiger partial charge is 0.343 e. The van der Waals surface area contributed by atoms with Crippen molar-refractivity contribution in [2.75, 3.05) is 0 Å². The molecule has 1 amide bonds. The van der Waals surface area contributed by atoms with E-state index >= 15 is 0 Å². The first-order chi connectivity index (χ1) is 14.0. The Bertz CT molecular complexity index is 1090. The van der Waals surface area contributed by atoms with Gasteiger partial charge in [0.2, 0.25) is 0 Å². The van der Waals surface area contributed by atoms with Crippen molar-refractivity contribution in [1.82, 2.24) is 20.1 Å². The van der Waals surface area contributed by atoms with Crippen LogP contribution in [-0.4, -0.2) is 20.7 Å². The first-order valence-electron chi connectivity index (χ1n) is 10.4. The van der Waals surface area contributed by atoms with Crippen LogP contribution in [0.1, 0.15) is 71.8 Å². The molecule has 0 spiro atoms. The lowest BCUT2D eigenvalue weighted by Gasteiger charge is -2.31. The third-order valence-electron chi connectivity index (χ3n) is 6.44. The number of carbonyl (C=O) groups excluding carboxylic acids is 1. The third kappa shape index (κ3) is 3.11. The highest BCUT2D eigenvalue weighted by Gasteiger charge is 2.38. The van der Waals surface area contributed by atoms with Gasteiger partial charge in [0.1, 0.15) is 5.82 Å². The number of aromatic nitrogens is 3. The van der Waals surface area contributed by atoms with Crippen LogP contribution in [0.3, 0.4) is 0 Å². The smallest absolute Gasteiger partial charge is 0.252 e. The molecular weight excluding hydrogens is 367 g/mol. The summed E-state index contributed by atoms with van der Waals surface area (Å²) >= 11 is 0. The molecule has 5 nitrogen and oxygen atoms in total. The molecule has 0 saturated heterocycles. The van der Waals surface area contributed by atoms with E-state index in [4.69, 9.17) is 4.98 Å². The second-order valence-electron chi connectivity index (χ2n) is 8.53. The van der Waals surface area contributed by atoms with Gasteiger partial charge in [-0.25, -0.2) is 9.37 Å². The molecule has 6 heteroatoms. The van der Waals surface area contributed by atoms with Crippen molar-refractivity contribution in [2.45, 2.75) is 56.9 Å². The molecule has 150 valence electrons. The van der Waals surface area contributed by atoms with Gasteiger partial charge in [0.25, 0.3) is 5.91 Å². The summed E-state index contributed by atoms with van der Waals surface area (Å²) in [5.74, 6) is 0.0875. The summed E-state index contributed by atoms with van der Waals surface area (Å²) in [5, 5.41) is 8.66. The molecule has 0 aliphatic heterocycles. The molecule has 5 rings (SSSR count). The van der Waals surface area contributed by atoms with Crippen LogP contribution >= 0.6 is 0 Å². The Kier molecular flexibility index (Phi) is 4.19. The summed E-state index contributed by atoms with van der Waals surface area (Å²) in [5.41, 5.74) is 3.73. The molecule has 1 aromatic carbocycles. The molecule has 0 radical (unpaired) electrons. The maximum atomic E-state index is 13.6. The number of carbonyl (C=O) groups is 1. The van der Waals surface area contributed by atoms with Crippen LogP contribution in [0.4, 0.5) is 4.39 Å². The Balaban J connectivity index is 1.57. The average molecular weight is 392 g/mol. The van der Waals surface area contributed by atoms with E-state index in [-0.39, 0.29) is 11.7 Å². The summed E-state index contributed by atoms with van der Waals surface area (Å²) in [4.78, 5) is 18.4. The molecule has 0 unspecified atom stereocenters. The molecule has 29 heavy (non-hydrogen) atoms. The number of hydrogen-bond acceptors (Lipinski definition) is 3. The number of rotatable bonds is 4. The van der Waals surface area contributed by atoms with E-state index in [9.17, 15) is 9.18 Å². The average Bonchev–Trinajstić information content (AvgIpc) is 3.39. The van der Waals surface area contributed by atoms with Crippen molar-refractivity contribution < 1.29 is 9.18 Å². The van der Waals surface area contributed by atoms with Crippen molar-refractivity contribution in [3.05, 3.63) is 58.7 Å². The zero-order valence-electron chi connectivity index (χ0n) is 16.8. The van der Waals surface area contributed by atoms with Crippen LogP contribution in [0.2, 0.25) is 0 Å². The lowest BCUT2D eigenvalue weighted by molar-refractivity contribution is 0.0899. The molecule has 2 fully saturated rings. The number of fused-ring (bicyclic) bond motifs is 1. The normalized spacial score (nSPS) is 18.3. The van der Waals surface area contributed by atoms with Gasteiger partial charge in [-0.15, -0.1) is 0 Å². The monoisotopic (exact) mass is 392 g/mol. The Labute approximate surface area is 169 Å².